The zero-order valence-electron chi connectivity index (χ0n) is 9.32. The Morgan fingerprint density at radius 2 is 1.94 bits per heavy atom. The van der Waals surface area contributed by atoms with Crippen molar-refractivity contribution in [2.45, 2.75) is 25.7 Å². The quantitative estimate of drug-likeness (QED) is 0.708. The van der Waals surface area contributed by atoms with Crippen LogP contribution in [0.4, 0.5) is 11.6 Å². The molecule has 88 valence electrons. The minimum Gasteiger partial charge on any atom is -0.396 e. The maximum absolute atomic E-state index is 9.44. The third-order valence-electron chi connectivity index (χ3n) is 3.29. The number of aliphatic hydroxyl groups excluding tert-OH is 1. The molecule has 5 nitrogen and oxygen atoms in total. The van der Waals surface area contributed by atoms with Gasteiger partial charge in [0.25, 0.3) is 0 Å². The van der Waals surface area contributed by atoms with Crippen LogP contribution in [0.3, 0.4) is 0 Å². The first-order valence-electron chi connectivity index (χ1n) is 5.66. The largest absolute Gasteiger partial charge is 0.396 e. The fourth-order valence-corrected chi connectivity index (χ4v) is 2.21. The van der Waals surface area contributed by atoms with Crippen LogP contribution >= 0.6 is 0 Å². The van der Waals surface area contributed by atoms with Crippen LogP contribution in [0.15, 0.2) is 12.4 Å². The van der Waals surface area contributed by atoms with E-state index in [2.05, 4.69) is 15.3 Å². The summed E-state index contributed by atoms with van der Waals surface area (Å²) >= 11 is 0. The summed E-state index contributed by atoms with van der Waals surface area (Å²) in [6.45, 7) is 0.961. The third kappa shape index (κ3) is 2.41. The molecule has 1 fully saturated rings. The summed E-state index contributed by atoms with van der Waals surface area (Å²) in [6.07, 6.45) is 7.71. The van der Waals surface area contributed by atoms with Crippen LogP contribution in [-0.2, 0) is 0 Å². The first-order valence-corrected chi connectivity index (χ1v) is 5.66. The maximum Gasteiger partial charge on any atom is 0.222 e. The smallest absolute Gasteiger partial charge is 0.222 e. The van der Waals surface area contributed by atoms with Gasteiger partial charge in [0.1, 0.15) is 0 Å². The zero-order valence-corrected chi connectivity index (χ0v) is 9.32. The molecule has 5 heteroatoms. The van der Waals surface area contributed by atoms with Gasteiger partial charge in [0.15, 0.2) is 0 Å². The molecule has 4 N–H and O–H groups in total. The average molecular weight is 222 g/mol. The number of aliphatic hydroxyl groups is 1. The van der Waals surface area contributed by atoms with Gasteiger partial charge in [-0.1, -0.05) is 12.8 Å². The molecule has 0 aromatic carbocycles. The molecule has 1 aliphatic carbocycles. The topological polar surface area (TPSA) is 84.1 Å². The van der Waals surface area contributed by atoms with Crippen LogP contribution in [0.5, 0.6) is 0 Å². The fourth-order valence-electron chi connectivity index (χ4n) is 2.21. The highest BCUT2D eigenvalue weighted by molar-refractivity contribution is 5.36. The maximum atomic E-state index is 9.44. The number of nitrogens with one attached hydrogen (secondary N) is 1. The van der Waals surface area contributed by atoms with E-state index in [9.17, 15) is 5.11 Å². The molecule has 0 spiro atoms. The number of nitrogens with two attached hydrogens (primary N) is 1. The number of nitrogen functional groups attached to an aromatic ring is 1. The third-order valence-corrected chi connectivity index (χ3v) is 3.29. The Kier molecular flexibility index (Phi) is 3.24. The zero-order chi connectivity index (χ0) is 11.4. The van der Waals surface area contributed by atoms with Crippen molar-refractivity contribution in [1.82, 2.24) is 9.97 Å². The van der Waals surface area contributed by atoms with Crippen LogP contribution in [0.1, 0.15) is 25.7 Å². The SMILES string of the molecule is Nc1cnc(NCC2(CO)CCCC2)nc1. The Morgan fingerprint density at radius 1 is 1.31 bits per heavy atom. The van der Waals surface area contributed by atoms with Crippen molar-refractivity contribution < 1.29 is 5.11 Å². The molecule has 0 unspecified atom stereocenters. The highest BCUT2D eigenvalue weighted by Gasteiger charge is 2.33. The summed E-state index contributed by atoms with van der Waals surface area (Å²) < 4.78 is 0. The van der Waals surface area contributed by atoms with Crippen molar-refractivity contribution in [2.75, 3.05) is 24.2 Å². The van der Waals surface area contributed by atoms with Gasteiger partial charge in [-0.2, -0.15) is 0 Å². The van der Waals surface area contributed by atoms with E-state index >= 15 is 0 Å². The first kappa shape index (κ1) is 11.1. The predicted octanol–water partition coefficient (Wildman–Crippen LogP) is 1.02. The van der Waals surface area contributed by atoms with Gasteiger partial charge in [-0.25, -0.2) is 9.97 Å². The lowest BCUT2D eigenvalue weighted by molar-refractivity contribution is 0.142. The molecular formula is C11H18N4O. The van der Waals surface area contributed by atoms with Gasteiger partial charge in [-0.15, -0.1) is 0 Å². The van der Waals surface area contributed by atoms with Crippen LogP contribution in [-0.4, -0.2) is 28.2 Å². The molecule has 1 aliphatic rings. The molecule has 0 radical (unpaired) electrons. The minimum absolute atomic E-state index is 0.0186. The lowest BCUT2D eigenvalue weighted by atomic mass is 9.87. The molecule has 0 atom stereocenters. The Hall–Kier alpha value is -1.36. The van der Waals surface area contributed by atoms with Crippen molar-refractivity contribution in [1.29, 1.82) is 0 Å². The number of hydrogen-bond donors (Lipinski definition) is 3. The number of nitrogens with zero attached hydrogens (tertiary/aromatic N) is 2. The fraction of sp³-hybridized carbons (Fsp3) is 0.636. The van der Waals surface area contributed by atoms with Gasteiger partial charge in [-0.05, 0) is 12.8 Å². The van der Waals surface area contributed by atoms with Crippen molar-refractivity contribution in [2.24, 2.45) is 5.41 Å². The van der Waals surface area contributed by atoms with Crippen LogP contribution in [0, 0.1) is 5.41 Å². The molecule has 1 saturated carbocycles. The number of rotatable bonds is 4. The predicted molar refractivity (Wildman–Crippen MR) is 62.9 cm³/mol. The van der Waals surface area contributed by atoms with E-state index in [0.717, 1.165) is 19.4 Å². The van der Waals surface area contributed by atoms with Gasteiger partial charge in [0.05, 0.1) is 24.7 Å². The standard InChI is InChI=1S/C11H18N4O/c12-9-5-13-10(14-6-9)15-7-11(8-16)3-1-2-4-11/h5-6,16H,1-4,7-8,12H2,(H,13,14,15). The second kappa shape index (κ2) is 4.65. The van der Waals surface area contributed by atoms with Crippen molar-refractivity contribution in [3.63, 3.8) is 0 Å². The average Bonchev–Trinajstić information content (AvgIpc) is 2.78. The molecule has 0 aliphatic heterocycles. The Morgan fingerprint density at radius 3 is 2.50 bits per heavy atom. The van der Waals surface area contributed by atoms with E-state index in [0.29, 0.717) is 11.6 Å². The normalized spacial score (nSPS) is 18.6. The van der Waals surface area contributed by atoms with Crippen LogP contribution in [0.25, 0.3) is 0 Å². The second-order valence-electron chi connectivity index (χ2n) is 4.56. The van der Waals surface area contributed by atoms with Crippen molar-refractivity contribution >= 4 is 11.6 Å². The monoisotopic (exact) mass is 222 g/mol. The molecule has 1 heterocycles. The summed E-state index contributed by atoms with van der Waals surface area (Å²) in [5, 5.41) is 12.6. The van der Waals surface area contributed by atoms with Gasteiger partial charge in [0, 0.05) is 12.0 Å². The number of hydrogen-bond acceptors (Lipinski definition) is 5. The van der Waals surface area contributed by atoms with Crippen LogP contribution < -0.4 is 11.1 Å². The Balaban J connectivity index is 1.93. The van der Waals surface area contributed by atoms with Crippen molar-refractivity contribution in [3.05, 3.63) is 12.4 Å². The van der Waals surface area contributed by atoms with E-state index in [1.165, 1.54) is 12.8 Å². The summed E-state index contributed by atoms with van der Waals surface area (Å²) in [5.41, 5.74) is 6.08. The van der Waals surface area contributed by atoms with Gasteiger partial charge >= 0.3 is 0 Å². The molecule has 1 aromatic heterocycles. The lowest BCUT2D eigenvalue weighted by Gasteiger charge is -2.26. The van der Waals surface area contributed by atoms with Gasteiger partial charge < -0.3 is 16.2 Å². The first-order chi connectivity index (χ1) is 7.74. The molecule has 0 saturated heterocycles. The summed E-state index contributed by atoms with van der Waals surface area (Å²) in [7, 11) is 0. The Labute approximate surface area is 95.1 Å². The molecule has 0 bridgehead atoms. The highest BCUT2D eigenvalue weighted by atomic mass is 16.3. The highest BCUT2D eigenvalue weighted by Crippen LogP contribution is 2.37. The van der Waals surface area contributed by atoms with E-state index < -0.39 is 0 Å². The summed E-state index contributed by atoms with van der Waals surface area (Å²) in [6, 6.07) is 0. The molecule has 16 heavy (non-hydrogen) atoms. The molecule has 1 aromatic rings. The van der Waals surface area contributed by atoms with Crippen LogP contribution in [0.2, 0.25) is 0 Å². The minimum atomic E-state index is 0.0186. The second-order valence-corrected chi connectivity index (χ2v) is 4.56. The van der Waals surface area contributed by atoms with E-state index in [1.807, 2.05) is 0 Å². The lowest BCUT2D eigenvalue weighted by Crippen LogP contribution is -2.31. The number of anilines is 2. The van der Waals surface area contributed by atoms with Crippen molar-refractivity contribution in [3.8, 4) is 0 Å². The van der Waals surface area contributed by atoms with Gasteiger partial charge in [-0.3, -0.25) is 0 Å². The molecular weight excluding hydrogens is 204 g/mol. The molecule has 0 amide bonds. The number of aromatic nitrogens is 2. The summed E-state index contributed by atoms with van der Waals surface area (Å²) in [5.74, 6) is 0.578. The van der Waals surface area contributed by atoms with E-state index in [-0.39, 0.29) is 12.0 Å². The molecule has 2 rings (SSSR count). The van der Waals surface area contributed by atoms with Gasteiger partial charge in [0.2, 0.25) is 5.95 Å². The van der Waals surface area contributed by atoms with E-state index in [4.69, 9.17) is 5.73 Å². The summed E-state index contributed by atoms with van der Waals surface area (Å²) in [4.78, 5) is 8.15. The van der Waals surface area contributed by atoms with E-state index in [1.54, 1.807) is 12.4 Å². The Bertz CT molecular complexity index is 332.